The number of hydrogen-bond donors (Lipinski definition) is 1. The fraction of sp³-hybridized carbons (Fsp3) is 0.261. The molecule has 28 heavy (non-hydrogen) atoms. The molecule has 5 nitrogen and oxygen atoms in total. The van der Waals surface area contributed by atoms with Crippen molar-refractivity contribution in [3.05, 3.63) is 72.4 Å². The number of nitrogens with zero attached hydrogens (tertiary/aromatic N) is 2. The van der Waals surface area contributed by atoms with Gasteiger partial charge in [-0.15, -0.1) is 0 Å². The summed E-state index contributed by atoms with van der Waals surface area (Å²) in [5.41, 5.74) is 2.59. The molecule has 3 aromatic rings. The molecule has 2 amide bonds. The number of carbonyl (C=O) groups excluding carboxylic acids is 2. The van der Waals surface area contributed by atoms with E-state index in [9.17, 15) is 9.59 Å². The SMILES string of the molecule is O=C(Nc1cnc2ccccc2c1)[C@H]1CCCN(C(=O)Cc2ccccc2)C1. The zero-order chi connectivity index (χ0) is 19.3. The minimum absolute atomic E-state index is 0.0470. The van der Waals surface area contributed by atoms with Crippen molar-refractivity contribution in [2.24, 2.45) is 5.92 Å². The fourth-order valence-electron chi connectivity index (χ4n) is 3.68. The van der Waals surface area contributed by atoms with Crippen LogP contribution in [0.3, 0.4) is 0 Å². The van der Waals surface area contributed by atoms with Gasteiger partial charge in [-0.3, -0.25) is 14.6 Å². The van der Waals surface area contributed by atoms with Crippen molar-refractivity contribution < 1.29 is 9.59 Å². The highest BCUT2D eigenvalue weighted by molar-refractivity contribution is 5.95. The highest BCUT2D eigenvalue weighted by atomic mass is 16.2. The molecule has 2 heterocycles. The van der Waals surface area contributed by atoms with Gasteiger partial charge in [0.2, 0.25) is 11.8 Å². The van der Waals surface area contributed by atoms with Crippen molar-refractivity contribution in [2.75, 3.05) is 18.4 Å². The molecule has 1 saturated heterocycles. The Labute approximate surface area is 164 Å². The molecule has 0 spiro atoms. The van der Waals surface area contributed by atoms with Gasteiger partial charge in [-0.05, 0) is 30.5 Å². The third-order valence-corrected chi connectivity index (χ3v) is 5.20. The second kappa shape index (κ2) is 8.21. The van der Waals surface area contributed by atoms with Gasteiger partial charge in [0.25, 0.3) is 0 Å². The van der Waals surface area contributed by atoms with Crippen LogP contribution in [0.2, 0.25) is 0 Å². The molecule has 0 unspecified atom stereocenters. The van der Waals surface area contributed by atoms with Gasteiger partial charge < -0.3 is 10.2 Å². The first-order valence-electron chi connectivity index (χ1n) is 9.66. The number of anilines is 1. The number of likely N-dealkylation sites (tertiary alicyclic amines) is 1. The smallest absolute Gasteiger partial charge is 0.229 e. The van der Waals surface area contributed by atoms with Gasteiger partial charge >= 0.3 is 0 Å². The number of fused-ring (bicyclic) bond motifs is 1. The highest BCUT2D eigenvalue weighted by Crippen LogP contribution is 2.21. The van der Waals surface area contributed by atoms with Gasteiger partial charge in [0.15, 0.2) is 0 Å². The molecule has 0 bridgehead atoms. The van der Waals surface area contributed by atoms with E-state index >= 15 is 0 Å². The van der Waals surface area contributed by atoms with E-state index in [0.717, 1.165) is 29.3 Å². The van der Waals surface area contributed by atoms with Crippen molar-refractivity contribution in [1.82, 2.24) is 9.88 Å². The van der Waals surface area contributed by atoms with Crippen LogP contribution in [0, 0.1) is 5.92 Å². The Kier molecular flexibility index (Phi) is 5.33. The second-order valence-corrected chi connectivity index (χ2v) is 7.25. The predicted octanol–water partition coefficient (Wildman–Crippen LogP) is 3.65. The third-order valence-electron chi connectivity index (χ3n) is 5.20. The van der Waals surface area contributed by atoms with E-state index in [-0.39, 0.29) is 17.7 Å². The van der Waals surface area contributed by atoms with Gasteiger partial charge in [0.1, 0.15) is 0 Å². The summed E-state index contributed by atoms with van der Waals surface area (Å²) in [6, 6.07) is 19.5. The van der Waals surface area contributed by atoms with Gasteiger partial charge in [-0.25, -0.2) is 0 Å². The van der Waals surface area contributed by atoms with E-state index in [0.29, 0.717) is 25.2 Å². The topological polar surface area (TPSA) is 62.3 Å². The zero-order valence-electron chi connectivity index (χ0n) is 15.7. The molecule has 5 heteroatoms. The standard InChI is InChI=1S/C23H23N3O2/c27-22(13-17-7-2-1-3-8-17)26-12-6-10-19(16-26)23(28)25-20-14-18-9-4-5-11-21(18)24-15-20/h1-5,7-9,11,14-15,19H,6,10,12-13,16H2,(H,25,28)/t19-/m0/s1. The third kappa shape index (κ3) is 4.19. The number of pyridine rings is 1. The van der Waals surface area contributed by atoms with E-state index in [1.54, 1.807) is 6.20 Å². The molecule has 1 aromatic heterocycles. The number of amides is 2. The first-order valence-corrected chi connectivity index (χ1v) is 9.66. The van der Waals surface area contributed by atoms with E-state index in [1.807, 2.05) is 65.6 Å². The van der Waals surface area contributed by atoms with Crippen molar-refractivity contribution in [3.63, 3.8) is 0 Å². The summed E-state index contributed by atoms with van der Waals surface area (Å²) in [5, 5.41) is 3.96. The molecule has 2 aromatic carbocycles. The summed E-state index contributed by atoms with van der Waals surface area (Å²) in [5.74, 6) is -0.162. The summed E-state index contributed by atoms with van der Waals surface area (Å²) in [6.07, 6.45) is 3.70. The van der Waals surface area contributed by atoms with Crippen LogP contribution < -0.4 is 5.32 Å². The summed E-state index contributed by atoms with van der Waals surface area (Å²) in [6.45, 7) is 1.19. The lowest BCUT2D eigenvalue weighted by atomic mass is 9.96. The first kappa shape index (κ1) is 18.2. The number of piperidine rings is 1. The van der Waals surface area contributed by atoms with Crippen LogP contribution in [0.5, 0.6) is 0 Å². The first-order chi connectivity index (χ1) is 13.7. The number of aromatic nitrogens is 1. The number of carbonyl (C=O) groups is 2. The summed E-state index contributed by atoms with van der Waals surface area (Å²) >= 11 is 0. The molecule has 0 radical (unpaired) electrons. The van der Waals surface area contributed by atoms with Crippen molar-refractivity contribution in [3.8, 4) is 0 Å². The van der Waals surface area contributed by atoms with Crippen LogP contribution in [0.15, 0.2) is 66.9 Å². The number of hydrogen-bond acceptors (Lipinski definition) is 3. The molecule has 1 aliphatic heterocycles. The van der Waals surface area contributed by atoms with Gasteiger partial charge in [-0.2, -0.15) is 0 Å². The molecule has 142 valence electrons. The lowest BCUT2D eigenvalue weighted by molar-refractivity contribution is -0.133. The molecule has 1 N–H and O–H groups in total. The quantitative estimate of drug-likeness (QED) is 0.759. The molecule has 1 aliphatic rings. The van der Waals surface area contributed by atoms with Crippen molar-refractivity contribution in [2.45, 2.75) is 19.3 Å². The summed E-state index contributed by atoms with van der Waals surface area (Å²) in [4.78, 5) is 31.6. The minimum Gasteiger partial charge on any atom is -0.342 e. The number of nitrogens with one attached hydrogen (secondary N) is 1. The van der Waals surface area contributed by atoms with Crippen LogP contribution in [-0.4, -0.2) is 34.8 Å². The maximum absolute atomic E-state index is 12.8. The molecular formula is C23H23N3O2. The van der Waals surface area contributed by atoms with Crippen LogP contribution in [0.1, 0.15) is 18.4 Å². The molecule has 0 aliphatic carbocycles. The second-order valence-electron chi connectivity index (χ2n) is 7.25. The largest absolute Gasteiger partial charge is 0.342 e. The van der Waals surface area contributed by atoms with E-state index in [1.165, 1.54) is 0 Å². The maximum Gasteiger partial charge on any atom is 0.229 e. The van der Waals surface area contributed by atoms with Gasteiger partial charge in [-0.1, -0.05) is 48.5 Å². The summed E-state index contributed by atoms with van der Waals surface area (Å²) in [7, 11) is 0. The van der Waals surface area contributed by atoms with Crippen molar-refractivity contribution in [1.29, 1.82) is 0 Å². The van der Waals surface area contributed by atoms with Crippen molar-refractivity contribution >= 4 is 28.4 Å². The van der Waals surface area contributed by atoms with Gasteiger partial charge in [0.05, 0.1) is 29.7 Å². The Morgan fingerprint density at radius 3 is 2.71 bits per heavy atom. The van der Waals surface area contributed by atoms with E-state index in [4.69, 9.17) is 0 Å². The average molecular weight is 373 g/mol. The Morgan fingerprint density at radius 1 is 1.07 bits per heavy atom. The fourth-order valence-corrected chi connectivity index (χ4v) is 3.68. The molecule has 1 fully saturated rings. The molecule has 1 atom stereocenters. The number of para-hydroxylation sites is 1. The normalized spacial score (nSPS) is 16.7. The maximum atomic E-state index is 12.8. The van der Waals surface area contributed by atoms with E-state index < -0.39 is 0 Å². The number of rotatable bonds is 4. The molecule has 4 rings (SSSR count). The number of benzene rings is 2. The van der Waals surface area contributed by atoms with Crippen LogP contribution >= 0.6 is 0 Å². The Bertz CT molecular complexity index is 987. The van der Waals surface area contributed by atoms with Gasteiger partial charge in [0, 0.05) is 18.5 Å². The van der Waals surface area contributed by atoms with Crippen LogP contribution in [0.25, 0.3) is 10.9 Å². The lowest BCUT2D eigenvalue weighted by Crippen LogP contribution is -2.44. The minimum atomic E-state index is -0.194. The average Bonchev–Trinajstić information content (AvgIpc) is 2.74. The molecule has 0 saturated carbocycles. The monoisotopic (exact) mass is 373 g/mol. The summed E-state index contributed by atoms with van der Waals surface area (Å²) < 4.78 is 0. The van der Waals surface area contributed by atoms with Crippen LogP contribution in [0.4, 0.5) is 5.69 Å². The zero-order valence-corrected chi connectivity index (χ0v) is 15.7. The predicted molar refractivity (Wildman–Crippen MR) is 110 cm³/mol. The highest BCUT2D eigenvalue weighted by Gasteiger charge is 2.28. The Balaban J connectivity index is 1.39. The molecular weight excluding hydrogens is 350 g/mol. The van der Waals surface area contributed by atoms with Crippen LogP contribution in [-0.2, 0) is 16.0 Å². The Morgan fingerprint density at radius 2 is 1.86 bits per heavy atom. The Hall–Kier alpha value is -3.21. The van der Waals surface area contributed by atoms with E-state index in [2.05, 4.69) is 10.3 Å². The lowest BCUT2D eigenvalue weighted by Gasteiger charge is -2.32.